The van der Waals surface area contributed by atoms with Gasteiger partial charge in [-0.15, -0.1) is 0 Å². The molecule has 0 aliphatic rings. The largest absolute Gasteiger partial charge is 0.494 e. The topological polar surface area (TPSA) is 60.2 Å². The van der Waals surface area contributed by atoms with Gasteiger partial charge < -0.3 is 10.2 Å². The summed E-state index contributed by atoms with van der Waals surface area (Å²) in [7, 11) is 1.62. The highest BCUT2D eigenvalue weighted by Crippen LogP contribution is 2.32. The summed E-state index contributed by atoms with van der Waals surface area (Å²) in [4.78, 5) is 4.43. The zero-order chi connectivity index (χ0) is 11.7. The number of nitrogens with zero attached hydrogens (tertiary/aromatic N) is 1. The molecular weight excluding hydrogens is 270 g/mol. The third-order valence-electron chi connectivity index (χ3n) is 2.44. The molecule has 2 aromatic rings. The first-order valence-electron chi connectivity index (χ1n) is 4.78. The van der Waals surface area contributed by atoms with Crippen LogP contribution in [0.2, 0.25) is 0 Å². The summed E-state index contributed by atoms with van der Waals surface area (Å²) in [5.41, 5.74) is 4.35. The molecule has 1 aromatic carbocycles. The zero-order valence-electron chi connectivity index (χ0n) is 9.04. The molecule has 16 heavy (non-hydrogen) atoms. The maximum Gasteiger partial charge on any atom is 0.145 e. The second-order valence-electron chi connectivity index (χ2n) is 3.44. The van der Waals surface area contributed by atoms with E-state index in [1.165, 1.54) is 0 Å². The van der Waals surface area contributed by atoms with Crippen molar-refractivity contribution in [3.05, 3.63) is 28.2 Å². The molecule has 0 saturated carbocycles. The van der Waals surface area contributed by atoms with Gasteiger partial charge >= 0.3 is 0 Å². The van der Waals surface area contributed by atoms with Gasteiger partial charge in [-0.1, -0.05) is 15.9 Å². The van der Waals surface area contributed by atoms with Crippen LogP contribution in [0.15, 0.2) is 22.7 Å². The van der Waals surface area contributed by atoms with Crippen molar-refractivity contribution in [1.82, 2.24) is 4.98 Å². The van der Waals surface area contributed by atoms with Crippen molar-refractivity contribution in [3.8, 4) is 5.75 Å². The third kappa shape index (κ3) is 1.72. The second kappa shape index (κ2) is 4.27. The van der Waals surface area contributed by atoms with E-state index in [1.54, 1.807) is 7.11 Å². The summed E-state index contributed by atoms with van der Waals surface area (Å²) in [5, 5.41) is 1.01. The first-order chi connectivity index (χ1) is 7.67. The van der Waals surface area contributed by atoms with Crippen LogP contribution in [0.3, 0.4) is 0 Å². The summed E-state index contributed by atoms with van der Waals surface area (Å²) in [5.74, 6) is 6.79. The number of nitrogen functional groups attached to an aromatic ring is 1. The minimum Gasteiger partial charge on any atom is -0.494 e. The third-order valence-corrected chi connectivity index (χ3v) is 3.13. The summed E-state index contributed by atoms with van der Waals surface area (Å²) < 4.78 is 6.26. The van der Waals surface area contributed by atoms with Crippen molar-refractivity contribution < 1.29 is 4.74 Å². The van der Waals surface area contributed by atoms with E-state index in [0.717, 1.165) is 26.7 Å². The lowest BCUT2D eigenvalue weighted by Gasteiger charge is -2.10. The van der Waals surface area contributed by atoms with Crippen molar-refractivity contribution in [3.63, 3.8) is 0 Å². The van der Waals surface area contributed by atoms with Gasteiger partial charge in [-0.05, 0) is 30.7 Å². The summed E-state index contributed by atoms with van der Waals surface area (Å²) in [6.07, 6.45) is 0. The molecule has 0 amide bonds. The number of ether oxygens (including phenoxy) is 1. The summed E-state index contributed by atoms with van der Waals surface area (Å²) >= 11 is 3.49. The smallest absolute Gasteiger partial charge is 0.145 e. The highest BCUT2D eigenvalue weighted by molar-refractivity contribution is 9.10. The highest BCUT2D eigenvalue weighted by Gasteiger charge is 2.09. The number of hydrogen-bond donors (Lipinski definition) is 2. The molecule has 0 fully saturated rings. The van der Waals surface area contributed by atoms with Crippen LogP contribution in [0.25, 0.3) is 10.9 Å². The molecule has 0 spiro atoms. The summed E-state index contributed by atoms with van der Waals surface area (Å²) in [6, 6.07) is 5.83. The van der Waals surface area contributed by atoms with E-state index in [1.807, 2.05) is 25.1 Å². The molecule has 1 heterocycles. The summed E-state index contributed by atoms with van der Waals surface area (Å²) in [6.45, 7) is 1.95. The number of benzene rings is 1. The Balaban J connectivity index is 2.83. The van der Waals surface area contributed by atoms with Crippen molar-refractivity contribution in [2.45, 2.75) is 6.92 Å². The van der Waals surface area contributed by atoms with Gasteiger partial charge in [0.15, 0.2) is 0 Å². The van der Waals surface area contributed by atoms with Crippen LogP contribution in [-0.4, -0.2) is 12.1 Å². The lowest BCUT2D eigenvalue weighted by atomic mass is 10.1. The molecule has 0 aliphatic heterocycles. The average Bonchev–Trinajstić information content (AvgIpc) is 2.30. The van der Waals surface area contributed by atoms with Crippen LogP contribution < -0.4 is 16.0 Å². The molecule has 0 saturated heterocycles. The number of aryl methyl sites for hydroxylation is 1. The van der Waals surface area contributed by atoms with Crippen molar-refractivity contribution >= 4 is 32.7 Å². The Morgan fingerprint density at radius 1 is 1.44 bits per heavy atom. The number of aromatic nitrogens is 1. The molecule has 84 valence electrons. The maximum atomic E-state index is 5.41. The first kappa shape index (κ1) is 11.2. The quantitative estimate of drug-likeness (QED) is 0.656. The Bertz CT molecular complexity index is 542. The fraction of sp³-hybridized carbons (Fsp3) is 0.182. The molecular formula is C11H12BrN3O. The normalized spacial score (nSPS) is 10.5. The Morgan fingerprint density at radius 3 is 2.81 bits per heavy atom. The molecule has 0 unspecified atom stereocenters. The van der Waals surface area contributed by atoms with E-state index in [-0.39, 0.29) is 0 Å². The molecule has 1 aromatic heterocycles. The van der Waals surface area contributed by atoms with Crippen molar-refractivity contribution in [2.75, 3.05) is 12.5 Å². The number of methoxy groups -OCH3 is 1. The van der Waals surface area contributed by atoms with E-state index in [2.05, 4.69) is 26.3 Å². The van der Waals surface area contributed by atoms with Gasteiger partial charge in [0.2, 0.25) is 0 Å². The number of hydrazine groups is 1. The number of fused-ring (bicyclic) bond motifs is 1. The number of nitrogens with two attached hydrogens (primary N) is 1. The predicted octanol–water partition coefficient (Wildman–Crippen LogP) is 2.60. The number of nitrogens with one attached hydrogen (secondary N) is 1. The van der Waals surface area contributed by atoms with E-state index in [0.29, 0.717) is 5.82 Å². The number of halogens is 1. The lowest BCUT2D eigenvalue weighted by molar-refractivity contribution is 0.419. The standard InChI is InChI=1S/C11H12BrN3O/c1-6-5-7-8(12)3-4-9(16-2)10(7)14-11(6)15-13/h3-5H,13H2,1-2H3,(H,14,15). The van der Waals surface area contributed by atoms with Gasteiger partial charge in [0, 0.05) is 9.86 Å². The van der Waals surface area contributed by atoms with Crippen LogP contribution in [-0.2, 0) is 0 Å². The van der Waals surface area contributed by atoms with Crippen LogP contribution in [0.1, 0.15) is 5.56 Å². The maximum absolute atomic E-state index is 5.41. The molecule has 0 aliphatic carbocycles. The first-order valence-corrected chi connectivity index (χ1v) is 5.57. The SMILES string of the molecule is COc1ccc(Br)c2cc(C)c(NN)nc12. The van der Waals surface area contributed by atoms with Gasteiger partial charge in [0.05, 0.1) is 7.11 Å². The lowest BCUT2D eigenvalue weighted by Crippen LogP contribution is -2.10. The Morgan fingerprint density at radius 2 is 2.19 bits per heavy atom. The predicted molar refractivity (Wildman–Crippen MR) is 68.5 cm³/mol. The van der Waals surface area contributed by atoms with Gasteiger partial charge in [0.1, 0.15) is 17.1 Å². The van der Waals surface area contributed by atoms with E-state index >= 15 is 0 Å². The minimum atomic E-state index is 0.656. The average molecular weight is 282 g/mol. The van der Waals surface area contributed by atoms with E-state index in [9.17, 15) is 0 Å². The fourth-order valence-corrected chi connectivity index (χ4v) is 2.05. The van der Waals surface area contributed by atoms with Gasteiger partial charge in [0.25, 0.3) is 0 Å². The fourth-order valence-electron chi connectivity index (χ4n) is 1.61. The van der Waals surface area contributed by atoms with Crippen LogP contribution in [0.4, 0.5) is 5.82 Å². The Labute approximate surface area is 102 Å². The molecule has 3 N–H and O–H groups in total. The zero-order valence-corrected chi connectivity index (χ0v) is 10.6. The molecule has 2 rings (SSSR count). The van der Waals surface area contributed by atoms with E-state index in [4.69, 9.17) is 10.6 Å². The molecule has 4 nitrogen and oxygen atoms in total. The number of rotatable bonds is 2. The molecule has 0 atom stereocenters. The molecule has 0 bridgehead atoms. The molecule has 5 heteroatoms. The van der Waals surface area contributed by atoms with Gasteiger partial charge in [-0.25, -0.2) is 10.8 Å². The van der Waals surface area contributed by atoms with Gasteiger partial charge in [-0.3, -0.25) is 0 Å². The number of pyridine rings is 1. The van der Waals surface area contributed by atoms with Crippen LogP contribution >= 0.6 is 15.9 Å². The Kier molecular flexibility index (Phi) is 2.98. The molecule has 0 radical (unpaired) electrons. The highest BCUT2D eigenvalue weighted by atomic mass is 79.9. The Hall–Kier alpha value is -1.33. The number of anilines is 1. The van der Waals surface area contributed by atoms with Crippen molar-refractivity contribution in [1.29, 1.82) is 0 Å². The minimum absolute atomic E-state index is 0.656. The number of hydrogen-bond acceptors (Lipinski definition) is 4. The van der Waals surface area contributed by atoms with Crippen LogP contribution in [0, 0.1) is 6.92 Å². The monoisotopic (exact) mass is 281 g/mol. The van der Waals surface area contributed by atoms with Gasteiger partial charge in [-0.2, -0.15) is 0 Å². The van der Waals surface area contributed by atoms with Crippen molar-refractivity contribution in [2.24, 2.45) is 5.84 Å². The second-order valence-corrected chi connectivity index (χ2v) is 4.30. The van der Waals surface area contributed by atoms with E-state index < -0.39 is 0 Å². The van der Waals surface area contributed by atoms with Crippen LogP contribution in [0.5, 0.6) is 5.75 Å².